The number of hydrogen-bond donors (Lipinski definition) is 0. The van der Waals surface area contributed by atoms with Crippen LogP contribution in [0.1, 0.15) is 205 Å². The molecule has 0 amide bonds. The fourth-order valence-electron chi connectivity index (χ4n) is 12.3. The third-order valence-corrected chi connectivity index (χ3v) is 14.4. The summed E-state index contributed by atoms with van der Waals surface area (Å²) in [5.41, 5.74) is 43.9. The average Bonchev–Trinajstić information content (AvgIpc) is 1.50. The third-order valence-electron chi connectivity index (χ3n) is 14.4. The van der Waals surface area contributed by atoms with Gasteiger partial charge in [0.15, 0.2) is 0 Å². The maximum Gasteiger partial charge on any atom is 0.105 e. The van der Waals surface area contributed by atoms with Crippen LogP contribution in [0.4, 0.5) is 0 Å². The van der Waals surface area contributed by atoms with Crippen LogP contribution in [0.3, 0.4) is 0 Å². The van der Waals surface area contributed by atoms with Crippen LogP contribution in [-0.2, 0) is 0 Å². The highest BCUT2D eigenvalue weighted by Gasteiger charge is 2.30. The van der Waals surface area contributed by atoms with E-state index in [1.165, 1.54) is 124 Å². The molecule has 0 N–H and O–H groups in total. The Hall–Kier alpha value is -9.50. The van der Waals surface area contributed by atoms with Gasteiger partial charge in [-0.2, -0.15) is 0 Å². The molecule has 0 fully saturated rings. The zero-order chi connectivity index (χ0) is 69.1. The highest BCUT2D eigenvalue weighted by Crippen LogP contribution is 2.44. The zero-order valence-electron chi connectivity index (χ0n) is 61.5. The predicted molar refractivity (Wildman–Crippen MR) is 420 cm³/mol. The first-order chi connectivity index (χ1) is 45.9. The van der Waals surface area contributed by atoms with Gasteiger partial charge in [0, 0.05) is 91.8 Å². The molecule has 0 spiro atoms. The van der Waals surface area contributed by atoms with Gasteiger partial charge in [0.1, 0.15) is 21.4 Å². The number of aromatic nitrogens is 4. The first kappa shape index (κ1) is 76.7. The Balaban J connectivity index is 0.000000350. The molecule has 8 aromatic heterocycles. The molecule has 0 unspecified atom stereocenters. The van der Waals surface area contributed by atoms with Gasteiger partial charge in [-0.05, 0) is 95.8 Å². The number of benzene rings is 5. The first-order valence-corrected chi connectivity index (χ1v) is 35.5. The van der Waals surface area contributed by atoms with E-state index in [2.05, 4.69) is 178 Å². The van der Waals surface area contributed by atoms with Crippen molar-refractivity contribution in [3.63, 3.8) is 0 Å². The molecule has 18 rings (SSSR count). The van der Waals surface area contributed by atoms with E-state index in [0.717, 1.165) is 27.1 Å². The van der Waals surface area contributed by atoms with Crippen molar-refractivity contribution in [1.82, 2.24) is 17.6 Å². The number of fused-ring (bicyclic) bond motifs is 28. The minimum Gasteiger partial charge on any atom is -0.301 e. The van der Waals surface area contributed by atoms with Gasteiger partial charge < -0.3 is 17.6 Å². The highest BCUT2D eigenvalue weighted by molar-refractivity contribution is 6.37. The molecule has 478 valence electrons. The Morgan fingerprint density at radius 2 is 0.478 bits per heavy atom. The lowest BCUT2D eigenvalue weighted by Gasteiger charge is -2.02. The van der Waals surface area contributed by atoms with Crippen LogP contribution in [0, 0.1) is 0 Å². The molecule has 4 heteroatoms. The maximum atomic E-state index is 3.43. The predicted octanol–water partition coefficient (Wildman–Crippen LogP) is 20.9. The van der Waals surface area contributed by atoms with E-state index in [0.29, 0.717) is 0 Å². The number of para-hydroxylation sites is 3. The molecule has 92 heavy (non-hydrogen) atoms. The molecular formula is C88H106N4. The van der Waals surface area contributed by atoms with Crippen molar-refractivity contribution < 1.29 is 0 Å². The van der Waals surface area contributed by atoms with E-state index in [-0.39, 0.29) is 0 Å². The fraction of sp³-hybridized carbons (Fsp3) is 0.318. The normalized spacial score (nSPS) is 10.8. The van der Waals surface area contributed by atoms with Crippen molar-refractivity contribution in [3.8, 4) is 0 Å². The summed E-state index contributed by atoms with van der Waals surface area (Å²) in [6, 6.07) is 26.2. The van der Waals surface area contributed by atoms with Crippen LogP contribution in [0.25, 0.3) is 157 Å². The lowest BCUT2D eigenvalue weighted by Crippen LogP contribution is -2.26. The van der Waals surface area contributed by atoms with Crippen LogP contribution >= 0.6 is 0 Å². The van der Waals surface area contributed by atoms with Gasteiger partial charge in [0.25, 0.3) is 0 Å². The topological polar surface area (TPSA) is 17.6 Å². The van der Waals surface area contributed by atoms with Crippen molar-refractivity contribution >= 4 is 157 Å². The van der Waals surface area contributed by atoms with Crippen LogP contribution in [0.2, 0.25) is 0 Å². The average molecular weight is 1220 g/mol. The summed E-state index contributed by atoms with van der Waals surface area (Å²) in [6.07, 6.45) is 20.7. The lowest BCUT2D eigenvalue weighted by atomic mass is 9.97. The number of nitrogens with zero attached hydrogens (tertiary/aromatic N) is 4. The Morgan fingerprint density at radius 1 is 0.239 bits per heavy atom. The van der Waals surface area contributed by atoms with E-state index in [1.54, 1.807) is 0 Å². The van der Waals surface area contributed by atoms with Crippen molar-refractivity contribution in [2.75, 3.05) is 0 Å². The van der Waals surface area contributed by atoms with E-state index in [4.69, 9.17) is 0 Å². The van der Waals surface area contributed by atoms with Crippen LogP contribution in [0.15, 0.2) is 131 Å². The molecule has 0 atom stereocenters. The summed E-state index contributed by atoms with van der Waals surface area (Å²) in [6.45, 7) is 56.0. The summed E-state index contributed by atoms with van der Waals surface area (Å²) in [7, 11) is 0. The van der Waals surface area contributed by atoms with Gasteiger partial charge in [-0.25, -0.2) is 0 Å². The summed E-state index contributed by atoms with van der Waals surface area (Å²) in [4.78, 5) is 0. The maximum absolute atomic E-state index is 3.43. The van der Waals surface area contributed by atoms with Gasteiger partial charge in [-0.15, -0.1) is 0 Å². The second-order valence-electron chi connectivity index (χ2n) is 17.1. The fourth-order valence-corrected chi connectivity index (χ4v) is 12.3. The van der Waals surface area contributed by atoms with Gasteiger partial charge in [0.2, 0.25) is 0 Å². The summed E-state index contributed by atoms with van der Waals surface area (Å²) < 4.78 is 9.50. The quantitative estimate of drug-likeness (QED) is 0.135. The van der Waals surface area contributed by atoms with Gasteiger partial charge >= 0.3 is 0 Å². The highest BCUT2D eigenvalue weighted by atomic mass is 15.0. The minimum atomic E-state index is 1.06. The summed E-state index contributed by atoms with van der Waals surface area (Å²) >= 11 is 0. The van der Waals surface area contributed by atoms with Crippen molar-refractivity contribution in [2.24, 2.45) is 0 Å². The zero-order valence-corrected chi connectivity index (χ0v) is 61.5. The molecule has 0 radical (unpaired) electrons. The molecule has 5 aliphatic rings. The molecule has 4 nitrogen and oxygen atoms in total. The van der Waals surface area contributed by atoms with Gasteiger partial charge in [-0.3, -0.25) is 0 Å². The first-order valence-electron chi connectivity index (χ1n) is 35.5. The van der Waals surface area contributed by atoms with Gasteiger partial charge in [0.05, 0.1) is 44.3 Å². The SMILES string of the molecule is C1=C=c2c(c3c4c5ccccc5n5c6c(c(c7c8c(n2c73)C=C=C=C8)c45)=CC=C=C=6)=CC=1.C1=C=c2c(c3c4c5ccccc5n5c6c(c(c7c8ccccc8n2c37)c45)=CC=C=C=6)=CC=1.CC.CC.CC.CC.CC.CC.CC.CC.CC.CC.CC.CC.CC.CC. The molecule has 0 saturated heterocycles. The smallest absolute Gasteiger partial charge is 0.105 e. The molecule has 0 aliphatic heterocycles. The Kier molecular flexibility index (Phi) is 31.4. The third kappa shape index (κ3) is 11.9. The van der Waals surface area contributed by atoms with E-state index >= 15 is 0 Å². The number of rotatable bonds is 0. The van der Waals surface area contributed by atoms with Crippen molar-refractivity contribution in [3.05, 3.63) is 185 Å². The molecule has 5 aromatic carbocycles. The number of allylic oxidation sites excluding steroid dienone is 4. The van der Waals surface area contributed by atoms with Gasteiger partial charge in [-0.1, -0.05) is 283 Å². The molecule has 0 saturated carbocycles. The Morgan fingerprint density at radius 3 is 0.772 bits per heavy atom. The van der Waals surface area contributed by atoms with E-state index in [1.807, 2.05) is 224 Å². The van der Waals surface area contributed by atoms with Crippen molar-refractivity contribution in [2.45, 2.75) is 194 Å². The second-order valence-corrected chi connectivity index (χ2v) is 17.1. The van der Waals surface area contributed by atoms with Crippen LogP contribution < -0.4 is 42.3 Å². The molecule has 8 heterocycles. The standard InChI is InChI=1S/C30H12N2.C30H10N2.14C2H6/c2*1-5-13-21-17(9-1)25-26-18-10-2-7-15-23(18)32-24-16-8-4-12-20(24)28(30(26)32)27-19-11-3-6-14-22(19)31(21)29(25)27;14*1-2/h1-5,8-13,16H;1-3,5,9-13,16H;14*1-2H3. The van der Waals surface area contributed by atoms with Crippen LogP contribution in [0.5, 0.6) is 0 Å². The number of hydrogen-bond acceptors (Lipinski definition) is 0. The second kappa shape index (κ2) is 37.6. The van der Waals surface area contributed by atoms with E-state index < -0.39 is 0 Å². The molecule has 13 aromatic rings. The summed E-state index contributed by atoms with van der Waals surface area (Å²) in [5.74, 6) is 0. The summed E-state index contributed by atoms with van der Waals surface area (Å²) in [5, 5.41) is 23.4. The molecule has 5 aliphatic carbocycles. The minimum absolute atomic E-state index is 1.06. The molecular weight excluding hydrogens is 1110 g/mol. The largest absolute Gasteiger partial charge is 0.301 e. The lowest BCUT2D eigenvalue weighted by molar-refractivity contribution is 1.14. The van der Waals surface area contributed by atoms with Crippen LogP contribution in [-0.4, -0.2) is 17.6 Å². The monoisotopic (exact) mass is 1220 g/mol. The Labute approximate surface area is 550 Å². The Bertz CT molecular complexity index is 5410. The van der Waals surface area contributed by atoms with E-state index in [9.17, 15) is 0 Å². The van der Waals surface area contributed by atoms with Crippen molar-refractivity contribution in [1.29, 1.82) is 0 Å². The molecule has 0 bridgehead atoms.